The molecule has 0 amide bonds. The van der Waals surface area contributed by atoms with Crippen LogP contribution in [-0.2, 0) is 5.41 Å². The number of hydrogen-bond donors (Lipinski definition) is 0. The van der Waals surface area contributed by atoms with E-state index in [2.05, 4.69) is 93.6 Å². The fourth-order valence-corrected chi connectivity index (χ4v) is 5.95. The van der Waals surface area contributed by atoms with Crippen molar-refractivity contribution in [2.75, 3.05) is 0 Å². The van der Waals surface area contributed by atoms with Crippen molar-refractivity contribution < 1.29 is 0 Å². The predicted molar refractivity (Wildman–Crippen MR) is 117 cm³/mol. The summed E-state index contributed by atoms with van der Waals surface area (Å²) in [6.45, 7) is 6.70. The minimum atomic E-state index is -0.139. The van der Waals surface area contributed by atoms with Gasteiger partial charge in [0, 0.05) is 5.92 Å². The van der Waals surface area contributed by atoms with Gasteiger partial charge in [0.05, 0.1) is 5.41 Å². The summed E-state index contributed by atoms with van der Waals surface area (Å²) < 4.78 is 0. The molecule has 0 radical (unpaired) electrons. The first-order chi connectivity index (χ1) is 13.6. The molecule has 0 aromatic heterocycles. The molecule has 2 unspecified atom stereocenters. The molecule has 3 aliphatic rings. The molecular weight excluding hydrogens is 336 g/mol. The minimum absolute atomic E-state index is 0.139. The second-order valence-corrected chi connectivity index (χ2v) is 8.77. The Kier molecular flexibility index (Phi) is 3.08. The van der Waals surface area contributed by atoms with E-state index < -0.39 is 0 Å². The van der Waals surface area contributed by atoms with E-state index in [1.165, 1.54) is 50.1 Å². The van der Waals surface area contributed by atoms with Gasteiger partial charge < -0.3 is 0 Å². The highest BCUT2D eigenvalue weighted by molar-refractivity contribution is 5.89. The van der Waals surface area contributed by atoms with Crippen molar-refractivity contribution in [2.45, 2.75) is 38.5 Å². The summed E-state index contributed by atoms with van der Waals surface area (Å²) >= 11 is 0. The molecule has 3 aliphatic carbocycles. The fourth-order valence-electron chi connectivity index (χ4n) is 5.95. The Labute approximate surface area is 167 Å². The number of fused-ring (bicyclic) bond motifs is 10. The van der Waals surface area contributed by atoms with E-state index in [4.69, 9.17) is 0 Å². The van der Waals surface area contributed by atoms with E-state index in [0.717, 1.165) is 6.42 Å². The number of allylic oxidation sites excluding steroid dienone is 4. The number of hydrogen-bond acceptors (Lipinski definition) is 0. The molecule has 6 rings (SSSR count). The first-order valence-electron chi connectivity index (χ1n) is 10.3. The first kappa shape index (κ1) is 16.1. The quantitative estimate of drug-likeness (QED) is 0.405. The van der Waals surface area contributed by atoms with Crippen LogP contribution >= 0.6 is 0 Å². The van der Waals surface area contributed by atoms with Gasteiger partial charge >= 0.3 is 0 Å². The summed E-state index contributed by atoms with van der Waals surface area (Å²) in [7, 11) is 0. The Bertz CT molecular complexity index is 1220. The molecule has 0 bridgehead atoms. The van der Waals surface area contributed by atoms with Crippen molar-refractivity contribution in [2.24, 2.45) is 0 Å². The minimum Gasteiger partial charge on any atom is -0.0807 e. The lowest BCUT2D eigenvalue weighted by Gasteiger charge is -2.33. The maximum Gasteiger partial charge on any atom is 0.0685 e. The van der Waals surface area contributed by atoms with Crippen molar-refractivity contribution >= 4 is 0 Å². The summed E-state index contributed by atoms with van der Waals surface area (Å²) in [6, 6.07) is 23.3. The van der Waals surface area contributed by atoms with Gasteiger partial charge in [0.25, 0.3) is 0 Å². The zero-order chi connectivity index (χ0) is 19.0. The van der Waals surface area contributed by atoms with Crippen LogP contribution in [0.15, 0.2) is 84.0 Å². The molecule has 0 heteroatoms. The molecule has 0 aliphatic heterocycles. The lowest BCUT2D eigenvalue weighted by Crippen LogP contribution is -2.27. The molecule has 3 aromatic carbocycles. The summed E-state index contributed by atoms with van der Waals surface area (Å²) in [5, 5.41) is 0. The highest BCUT2D eigenvalue weighted by Crippen LogP contribution is 2.65. The maximum absolute atomic E-state index is 2.48. The zero-order valence-corrected chi connectivity index (χ0v) is 16.7. The number of benzene rings is 3. The third-order valence-electron chi connectivity index (χ3n) is 7.06. The average Bonchev–Trinajstić information content (AvgIpc) is 3.13. The van der Waals surface area contributed by atoms with Crippen LogP contribution in [0.2, 0.25) is 0 Å². The standard InChI is InChI=1S/C28H24/c1-17-8-11-21-20-6-4-5-7-24(20)28(25(21)14-17)26-15-18(2)9-12-22(26)23-13-10-19(3)16-27(23)28/h4-12,14-16,23H,13H2,1-3H3. The van der Waals surface area contributed by atoms with Crippen LogP contribution in [0.1, 0.15) is 52.6 Å². The molecule has 3 aromatic rings. The van der Waals surface area contributed by atoms with Gasteiger partial charge in [-0.3, -0.25) is 0 Å². The second kappa shape index (κ2) is 5.35. The van der Waals surface area contributed by atoms with Gasteiger partial charge in [0.2, 0.25) is 0 Å². The Morgan fingerprint density at radius 2 is 1.46 bits per heavy atom. The normalized spacial score (nSPS) is 23.6. The SMILES string of the molecule is CC1=CCC2C(=C1)C1(c3ccccc3-c3ccc(C)cc31)c1cc(C)ccc12. The van der Waals surface area contributed by atoms with Gasteiger partial charge in [-0.15, -0.1) is 0 Å². The number of aryl methyl sites for hydroxylation is 2. The molecule has 2 atom stereocenters. The molecule has 28 heavy (non-hydrogen) atoms. The molecule has 0 fully saturated rings. The third-order valence-corrected chi connectivity index (χ3v) is 7.06. The highest BCUT2D eigenvalue weighted by Gasteiger charge is 2.55. The smallest absolute Gasteiger partial charge is 0.0685 e. The van der Waals surface area contributed by atoms with E-state index in [9.17, 15) is 0 Å². The molecule has 0 heterocycles. The largest absolute Gasteiger partial charge is 0.0807 e. The summed E-state index contributed by atoms with van der Waals surface area (Å²) in [6.07, 6.45) is 6.01. The van der Waals surface area contributed by atoms with Gasteiger partial charge in [0.15, 0.2) is 0 Å². The van der Waals surface area contributed by atoms with E-state index in [1.807, 2.05) is 0 Å². The molecule has 0 nitrogen and oxygen atoms in total. The monoisotopic (exact) mass is 360 g/mol. The van der Waals surface area contributed by atoms with E-state index in [1.54, 1.807) is 5.57 Å². The van der Waals surface area contributed by atoms with Gasteiger partial charge in [-0.25, -0.2) is 0 Å². The lowest BCUT2D eigenvalue weighted by molar-refractivity contribution is 0.702. The predicted octanol–water partition coefficient (Wildman–Crippen LogP) is 6.99. The Morgan fingerprint density at radius 1 is 0.750 bits per heavy atom. The summed E-state index contributed by atoms with van der Waals surface area (Å²) in [5.41, 5.74) is 14.3. The fraction of sp³-hybridized carbons (Fsp3) is 0.214. The van der Waals surface area contributed by atoms with E-state index >= 15 is 0 Å². The van der Waals surface area contributed by atoms with Crippen molar-refractivity contribution in [3.05, 3.63) is 117 Å². The maximum atomic E-state index is 2.48. The van der Waals surface area contributed by atoms with Crippen LogP contribution in [0.25, 0.3) is 11.1 Å². The van der Waals surface area contributed by atoms with Gasteiger partial charge in [-0.05, 0) is 66.1 Å². The van der Waals surface area contributed by atoms with Gasteiger partial charge in [0.1, 0.15) is 0 Å². The molecule has 0 saturated carbocycles. The van der Waals surface area contributed by atoms with Crippen molar-refractivity contribution in [3.63, 3.8) is 0 Å². The summed E-state index contributed by atoms with van der Waals surface area (Å²) in [4.78, 5) is 0. The molecule has 0 N–H and O–H groups in total. The van der Waals surface area contributed by atoms with Gasteiger partial charge in [-0.1, -0.05) is 89.5 Å². The Hall–Kier alpha value is -2.86. The van der Waals surface area contributed by atoms with Crippen LogP contribution in [0.3, 0.4) is 0 Å². The summed E-state index contributed by atoms with van der Waals surface area (Å²) in [5.74, 6) is 0.485. The zero-order valence-electron chi connectivity index (χ0n) is 16.7. The van der Waals surface area contributed by atoms with Crippen LogP contribution < -0.4 is 0 Å². The third kappa shape index (κ3) is 1.81. The topological polar surface area (TPSA) is 0 Å². The van der Waals surface area contributed by atoms with Crippen LogP contribution in [0, 0.1) is 13.8 Å². The van der Waals surface area contributed by atoms with Crippen molar-refractivity contribution in [1.82, 2.24) is 0 Å². The molecule has 1 spiro atoms. The van der Waals surface area contributed by atoms with Crippen LogP contribution in [-0.4, -0.2) is 0 Å². The Balaban J connectivity index is 1.83. The van der Waals surface area contributed by atoms with E-state index in [0.29, 0.717) is 5.92 Å². The van der Waals surface area contributed by atoms with E-state index in [-0.39, 0.29) is 5.41 Å². The molecule has 136 valence electrons. The number of rotatable bonds is 0. The van der Waals surface area contributed by atoms with Crippen molar-refractivity contribution in [3.8, 4) is 11.1 Å². The lowest BCUT2D eigenvalue weighted by atomic mass is 9.68. The average molecular weight is 361 g/mol. The van der Waals surface area contributed by atoms with Crippen molar-refractivity contribution in [1.29, 1.82) is 0 Å². The first-order valence-corrected chi connectivity index (χ1v) is 10.3. The van der Waals surface area contributed by atoms with Crippen LogP contribution in [0.4, 0.5) is 0 Å². The molecular formula is C28H24. The van der Waals surface area contributed by atoms with Gasteiger partial charge in [-0.2, -0.15) is 0 Å². The highest BCUT2D eigenvalue weighted by atomic mass is 14.6. The van der Waals surface area contributed by atoms with Crippen LogP contribution in [0.5, 0.6) is 0 Å². The Morgan fingerprint density at radius 3 is 2.32 bits per heavy atom. The second-order valence-electron chi connectivity index (χ2n) is 8.77. The molecule has 0 saturated heterocycles.